The van der Waals surface area contributed by atoms with Crippen LogP contribution in [0.2, 0.25) is 0 Å². The first-order chi connectivity index (χ1) is 7.65. The molecule has 0 saturated heterocycles. The van der Waals surface area contributed by atoms with Crippen molar-refractivity contribution in [2.75, 3.05) is 0 Å². The molecule has 0 N–H and O–H groups in total. The highest BCUT2D eigenvalue weighted by Crippen LogP contribution is 2.27. The van der Waals surface area contributed by atoms with E-state index in [1.54, 1.807) is 6.07 Å². The summed E-state index contributed by atoms with van der Waals surface area (Å²) in [4.78, 5) is 8.45. The predicted molar refractivity (Wildman–Crippen MR) is 60.2 cm³/mol. The molecule has 0 saturated carbocycles. The lowest BCUT2D eigenvalue weighted by Gasteiger charge is -2.01. The monoisotopic (exact) mass is 302 g/mol. The van der Waals surface area contributed by atoms with Crippen LogP contribution >= 0.6 is 27.7 Å². The maximum Gasteiger partial charge on any atom is 0.159 e. The van der Waals surface area contributed by atoms with Crippen LogP contribution in [0.25, 0.3) is 0 Å². The van der Waals surface area contributed by atoms with Gasteiger partial charge >= 0.3 is 0 Å². The maximum absolute atomic E-state index is 12.9. The molecule has 1 aromatic carbocycles. The third-order valence-corrected chi connectivity index (χ3v) is 3.08. The lowest BCUT2D eigenvalue weighted by molar-refractivity contribution is 0.506. The van der Waals surface area contributed by atoms with Crippen LogP contribution in [0.4, 0.5) is 8.78 Å². The Kier molecular flexibility index (Phi) is 3.50. The second kappa shape index (κ2) is 4.88. The number of hydrogen-bond donors (Lipinski definition) is 0. The predicted octanol–water partition coefficient (Wildman–Crippen LogP) is 3.67. The van der Waals surface area contributed by atoms with Gasteiger partial charge in [0.2, 0.25) is 0 Å². The summed E-state index contributed by atoms with van der Waals surface area (Å²) in [6.45, 7) is 0. The first-order valence-electron chi connectivity index (χ1n) is 4.25. The van der Waals surface area contributed by atoms with Crippen molar-refractivity contribution in [2.24, 2.45) is 0 Å². The van der Waals surface area contributed by atoms with Gasteiger partial charge in [-0.05, 0) is 34.1 Å². The molecule has 6 heteroatoms. The summed E-state index contributed by atoms with van der Waals surface area (Å²) in [6.07, 6.45) is 1.40. The van der Waals surface area contributed by atoms with Crippen LogP contribution in [0.3, 0.4) is 0 Å². The van der Waals surface area contributed by atoms with Gasteiger partial charge in [0.25, 0.3) is 0 Å². The van der Waals surface area contributed by atoms with Crippen molar-refractivity contribution in [1.82, 2.24) is 9.97 Å². The lowest BCUT2D eigenvalue weighted by atomic mass is 10.3. The van der Waals surface area contributed by atoms with Gasteiger partial charge in [0.1, 0.15) is 16.0 Å². The molecule has 16 heavy (non-hydrogen) atoms. The van der Waals surface area contributed by atoms with Crippen LogP contribution in [0, 0.1) is 11.6 Å². The molecule has 0 atom stereocenters. The molecule has 0 bridgehead atoms. The molecule has 0 aliphatic carbocycles. The van der Waals surface area contributed by atoms with Crippen LogP contribution < -0.4 is 0 Å². The van der Waals surface area contributed by atoms with Crippen molar-refractivity contribution in [3.05, 3.63) is 46.8 Å². The molecule has 0 amide bonds. The summed E-state index contributed by atoms with van der Waals surface area (Å²) in [5, 5.41) is 0.660. The van der Waals surface area contributed by atoms with Gasteiger partial charge in [-0.25, -0.2) is 18.7 Å². The van der Waals surface area contributed by atoms with Crippen LogP contribution in [-0.4, -0.2) is 9.97 Å². The van der Waals surface area contributed by atoms with E-state index in [4.69, 9.17) is 0 Å². The Bertz CT molecular complexity index is 522. The van der Waals surface area contributed by atoms with Crippen molar-refractivity contribution in [2.45, 2.75) is 9.92 Å². The van der Waals surface area contributed by atoms with Crippen molar-refractivity contribution in [3.8, 4) is 0 Å². The Morgan fingerprint density at radius 3 is 2.56 bits per heavy atom. The van der Waals surface area contributed by atoms with E-state index in [2.05, 4.69) is 25.9 Å². The number of aromatic nitrogens is 2. The average molecular weight is 303 g/mol. The zero-order valence-electron chi connectivity index (χ0n) is 7.82. The minimum Gasteiger partial charge on any atom is -0.230 e. The Morgan fingerprint density at radius 1 is 1.06 bits per heavy atom. The molecule has 0 radical (unpaired) electrons. The van der Waals surface area contributed by atoms with Gasteiger partial charge in [0.15, 0.2) is 11.6 Å². The van der Waals surface area contributed by atoms with Crippen LogP contribution in [0.5, 0.6) is 0 Å². The van der Waals surface area contributed by atoms with Gasteiger partial charge in [-0.2, -0.15) is 0 Å². The van der Waals surface area contributed by atoms with Crippen LogP contribution in [0.1, 0.15) is 0 Å². The van der Waals surface area contributed by atoms with Gasteiger partial charge in [-0.1, -0.05) is 11.8 Å². The molecule has 2 rings (SSSR count). The van der Waals surface area contributed by atoms with E-state index >= 15 is 0 Å². The van der Waals surface area contributed by atoms with E-state index in [0.29, 0.717) is 14.5 Å². The van der Waals surface area contributed by atoms with Crippen LogP contribution in [-0.2, 0) is 0 Å². The molecule has 82 valence electrons. The normalized spacial score (nSPS) is 10.4. The van der Waals surface area contributed by atoms with Gasteiger partial charge in [-0.15, -0.1) is 0 Å². The molecular weight excluding hydrogens is 298 g/mol. The van der Waals surface area contributed by atoms with E-state index in [9.17, 15) is 8.78 Å². The number of hydrogen-bond acceptors (Lipinski definition) is 3. The second-order valence-corrected chi connectivity index (χ2v) is 4.76. The molecular formula is C10H5BrF2N2S. The fraction of sp³-hybridized carbons (Fsp3) is 0. The summed E-state index contributed by atoms with van der Waals surface area (Å²) in [7, 11) is 0. The molecule has 1 aromatic heterocycles. The zero-order valence-corrected chi connectivity index (χ0v) is 10.2. The van der Waals surface area contributed by atoms with Crippen LogP contribution in [0.15, 0.2) is 45.1 Å². The number of rotatable bonds is 2. The lowest BCUT2D eigenvalue weighted by Crippen LogP contribution is -1.86. The first kappa shape index (κ1) is 11.5. The smallest absolute Gasteiger partial charge is 0.159 e. The third kappa shape index (κ3) is 2.76. The fourth-order valence-corrected chi connectivity index (χ4v) is 2.30. The van der Waals surface area contributed by atoms with E-state index in [0.717, 1.165) is 12.1 Å². The van der Waals surface area contributed by atoms with Gasteiger partial charge < -0.3 is 0 Å². The molecule has 0 fully saturated rings. The van der Waals surface area contributed by atoms with E-state index in [-0.39, 0.29) is 0 Å². The Balaban J connectivity index is 2.24. The van der Waals surface area contributed by atoms with E-state index in [1.165, 1.54) is 24.2 Å². The minimum absolute atomic E-state index is 0.588. The fourth-order valence-electron chi connectivity index (χ4n) is 1.03. The summed E-state index contributed by atoms with van der Waals surface area (Å²) in [5.74, 6) is -1.72. The van der Waals surface area contributed by atoms with Crippen molar-refractivity contribution < 1.29 is 8.78 Å². The van der Waals surface area contributed by atoms with Gasteiger partial charge in [0.05, 0.1) is 0 Å². The topological polar surface area (TPSA) is 25.8 Å². The Hall–Kier alpha value is -1.01. The maximum atomic E-state index is 12.9. The van der Waals surface area contributed by atoms with Crippen molar-refractivity contribution in [3.63, 3.8) is 0 Å². The highest BCUT2D eigenvalue weighted by Gasteiger charge is 2.05. The number of nitrogens with zero attached hydrogens (tertiary/aromatic N) is 2. The summed E-state index contributed by atoms with van der Waals surface area (Å²) in [5.41, 5.74) is 0. The molecule has 2 nitrogen and oxygen atoms in total. The highest BCUT2D eigenvalue weighted by molar-refractivity contribution is 9.10. The molecule has 0 aliphatic heterocycles. The second-order valence-electron chi connectivity index (χ2n) is 2.86. The molecule has 0 aliphatic rings. The molecule has 2 aromatic rings. The molecule has 1 heterocycles. The van der Waals surface area contributed by atoms with E-state index in [1.807, 2.05) is 0 Å². The zero-order chi connectivity index (χ0) is 11.5. The largest absolute Gasteiger partial charge is 0.230 e. The summed E-state index contributed by atoms with van der Waals surface area (Å²) < 4.78 is 26.3. The molecule has 0 unspecified atom stereocenters. The molecule has 0 spiro atoms. The van der Waals surface area contributed by atoms with Crippen molar-refractivity contribution >= 4 is 27.7 Å². The number of benzene rings is 1. The number of halogens is 3. The van der Waals surface area contributed by atoms with Gasteiger partial charge in [0, 0.05) is 11.0 Å². The minimum atomic E-state index is -0.863. The first-order valence-corrected chi connectivity index (χ1v) is 5.86. The third-order valence-electron chi connectivity index (χ3n) is 1.72. The van der Waals surface area contributed by atoms with Crippen molar-refractivity contribution in [1.29, 1.82) is 0 Å². The Labute approximate surface area is 103 Å². The quantitative estimate of drug-likeness (QED) is 0.792. The Morgan fingerprint density at radius 2 is 1.88 bits per heavy atom. The summed E-state index contributed by atoms with van der Waals surface area (Å²) >= 11 is 4.44. The average Bonchev–Trinajstić information content (AvgIpc) is 2.24. The standard InChI is InChI=1S/C10H5BrF2N2S/c11-9-4-10(15-5-14-9)16-6-1-2-7(12)8(13)3-6/h1-5H. The summed E-state index contributed by atoms with van der Waals surface area (Å²) in [6, 6.07) is 5.43. The van der Waals surface area contributed by atoms with E-state index < -0.39 is 11.6 Å². The van der Waals surface area contributed by atoms with Gasteiger partial charge in [-0.3, -0.25) is 0 Å². The highest BCUT2D eigenvalue weighted by atomic mass is 79.9. The SMILES string of the molecule is Fc1ccc(Sc2cc(Br)ncn2)cc1F.